The molecule has 0 aromatic carbocycles. The number of hydrogen-bond donors (Lipinski definition) is 0. The molecular weight excluding hydrogens is 602 g/mol. The Hall–Kier alpha value is 0.887. The van der Waals surface area contributed by atoms with Gasteiger partial charge in [0, 0.05) is 5.57 Å². The van der Waals surface area contributed by atoms with Gasteiger partial charge in [-0.15, -0.1) is 0 Å². The van der Waals surface area contributed by atoms with Crippen LogP contribution in [0.15, 0.2) is 12.2 Å². The zero-order valence-corrected chi connectivity index (χ0v) is 24.1. The summed E-state index contributed by atoms with van der Waals surface area (Å²) < 4.78 is 5.95. The van der Waals surface area contributed by atoms with Gasteiger partial charge in [0.25, 0.3) is 0 Å². The van der Waals surface area contributed by atoms with Crippen molar-refractivity contribution in [1.82, 2.24) is 0 Å². The first kappa shape index (κ1) is 29.9. The lowest BCUT2D eigenvalue weighted by Gasteiger charge is -2.05. The lowest BCUT2D eigenvalue weighted by atomic mass is 10.0. The van der Waals surface area contributed by atoms with E-state index >= 15 is 0 Å². The molecule has 2 radical (unpaired) electrons. The molecule has 0 bridgehead atoms. The molecule has 0 N–H and O–H groups in total. The number of ether oxygens (including phenoxy) is 1. The van der Waals surface area contributed by atoms with Crippen molar-refractivity contribution in [2.45, 2.75) is 124 Å². The van der Waals surface area contributed by atoms with Crippen LogP contribution >= 0.6 is 45.2 Å². The Balaban J connectivity index is 3.07. The number of alkyl halides is 2. The average molecular weight is 647 g/mol. The molecule has 0 aromatic rings. The molecule has 0 fully saturated rings. The van der Waals surface area contributed by atoms with Crippen molar-refractivity contribution in [3.05, 3.63) is 12.2 Å². The summed E-state index contributed by atoms with van der Waals surface area (Å²) in [5, 5.41) is 0. The van der Waals surface area contributed by atoms with E-state index in [2.05, 4.69) is 51.8 Å². The predicted octanol–water partition coefficient (Wildman–Crippen LogP) is 9.01. The SMILES string of the molecule is C=C(C)C(=O)OCCCCCCCCCCCCCCCCCCC[Si]C(I)I. The quantitative estimate of drug-likeness (QED) is 0.0293. The molecule has 0 amide bonds. The maximum Gasteiger partial charge on any atom is 0.333 e. The van der Waals surface area contributed by atoms with Gasteiger partial charge >= 0.3 is 5.97 Å². The fourth-order valence-corrected chi connectivity index (χ4v) is 5.92. The van der Waals surface area contributed by atoms with E-state index in [9.17, 15) is 4.79 Å². The van der Waals surface area contributed by atoms with Crippen molar-refractivity contribution in [1.29, 1.82) is 0 Å². The maximum atomic E-state index is 11.2. The van der Waals surface area contributed by atoms with Crippen LogP contribution in [-0.2, 0) is 9.53 Å². The van der Waals surface area contributed by atoms with E-state index in [0.29, 0.717) is 12.2 Å². The van der Waals surface area contributed by atoms with Crippen LogP contribution in [0.25, 0.3) is 0 Å². The van der Waals surface area contributed by atoms with Gasteiger partial charge in [0.2, 0.25) is 0 Å². The number of hydrogen-bond acceptors (Lipinski definition) is 2. The fourth-order valence-electron chi connectivity index (χ4n) is 3.38. The molecule has 0 aliphatic rings. The Labute approximate surface area is 211 Å². The third-order valence-corrected chi connectivity index (χ3v) is 8.79. The summed E-state index contributed by atoms with van der Waals surface area (Å²) in [7, 11) is 1.15. The molecule has 0 spiro atoms. The molecule has 0 aliphatic heterocycles. The van der Waals surface area contributed by atoms with Crippen LogP contribution in [0.5, 0.6) is 0 Å². The minimum absolute atomic E-state index is 0.252. The second-order valence-electron chi connectivity index (χ2n) is 8.18. The zero-order valence-electron chi connectivity index (χ0n) is 18.8. The second-order valence-corrected chi connectivity index (χ2v) is 16.9. The van der Waals surface area contributed by atoms with Gasteiger partial charge in [0.05, 0.1) is 17.7 Å². The molecule has 0 saturated carbocycles. The molecule has 29 heavy (non-hydrogen) atoms. The summed E-state index contributed by atoms with van der Waals surface area (Å²) in [5.74, 6) is -0.252. The number of halogens is 2. The van der Waals surface area contributed by atoms with E-state index in [-0.39, 0.29) is 5.97 Å². The highest BCUT2D eigenvalue weighted by molar-refractivity contribution is 14.2. The molecule has 0 unspecified atom stereocenters. The third-order valence-electron chi connectivity index (χ3n) is 5.20. The largest absolute Gasteiger partial charge is 0.462 e. The van der Waals surface area contributed by atoms with E-state index in [1.165, 1.54) is 109 Å². The van der Waals surface area contributed by atoms with Gasteiger partial charge in [-0.1, -0.05) is 161 Å². The van der Waals surface area contributed by atoms with Gasteiger partial charge in [-0.05, 0) is 13.3 Å². The first-order valence-corrected chi connectivity index (χ1v) is 15.7. The van der Waals surface area contributed by atoms with Gasteiger partial charge in [-0.2, -0.15) is 0 Å². The van der Waals surface area contributed by atoms with Crippen LogP contribution in [0.1, 0.15) is 116 Å². The van der Waals surface area contributed by atoms with E-state index in [0.717, 1.165) is 17.5 Å². The molecule has 0 aromatic heterocycles. The molecule has 0 rings (SSSR count). The summed E-state index contributed by atoms with van der Waals surface area (Å²) in [6.07, 6.45) is 23.4. The number of esters is 1. The summed E-state index contributed by atoms with van der Waals surface area (Å²) in [6, 6.07) is 1.45. The van der Waals surface area contributed by atoms with Gasteiger partial charge in [-0.3, -0.25) is 0 Å². The van der Waals surface area contributed by atoms with E-state index in [4.69, 9.17) is 4.74 Å². The predicted molar refractivity (Wildman–Crippen MR) is 147 cm³/mol. The second kappa shape index (κ2) is 23.5. The van der Waals surface area contributed by atoms with E-state index in [1.807, 2.05) is 0 Å². The van der Waals surface area contributed by atoms with Crippen LogP contribution in [0.2, 0.25) is 6.04 Å². The molecule has 0 aliphatic carbocycles. The van der Waals surface area contributed by atoms with Gasteiger partial charge in [0.1, 0.15) is 0 Å². The Morgan fingerprint density at radius 3 is 1.41 bits per heavy atom. The van der Waals surface area contributed by atoms with Crippen LogP contribution in [0, 0.1) is 0 Å². The van der Waals surface area contributed by atoms with Crippen molar-refractivity contribution in [2.24, 2.45) is 0 Å². The summed E-state index contributed by atoms with van der Waals surface area (Å²) in [5.41, 5.74) is 0.493. The van der Waals surface area contributed by atoms with Gasteiger partial charge < -0.3 is 4.74 Å². The average Bonchev–Trinajstić information content (AvgIpc) is 2.68. The third kappa shape index (κ3) is 25.0. The van der Waals surface area contributed by atoms with Crippen molar-refractivity contribution in [3.63, 3.8) is 0 Å². The highest BCUT2D eigenvalue weighted by Gasteiger charge is 2.02. The first-order chi connectivity index (χ1) is 14.0. The summed E-state index contributed by atoms with van der Waals surface area (Å²) >= 11 is 5.07. The van der Waals surface area contributed by atoms with Crippen LogP contribution < -0.4 is 0 Å². The van der Waals surface area contributed by atoms with E-state index in [1.54, 1.807) is 6.92 Å². The normalized spacial score (nSPS) is 11.2. The zero-order chi connectivity index (χ0) is 21.6. The van der Waals surface area contributed by atoms with Crippen molar-refractivity contribution in [2.75, 3.05) is 6.61 Å². The topological polar surface area (TPSA) is 26.3 Å². The maximum absolute atomic E-state index is 11.2. The van der Waals surface area contributed by atoms with Crippen LogP contribution in [0.3, 0.4) is 0 Å². The minimum atomic E-state index is -0.252. The van der Waals surface area contributed by atoms with E-state index < -0.39 is 0 Å². The molecule has 170 valence electrons. The number of carbonyl (C=O) groups excluding carboxylic acids is 1. The smallest absolute Gasteiger partial charge is 0.333 e. The lowest BCUT2D eigenvalue weighted by molar-refractivity contribution is -0.139. The summed E-state index contributed by atoms with van der Waals surface area (Å²) in [6.45, 7) is 5.83. The number of rotatable bonds is 22. The van der Waals surface area contributed by atoms with Crippen LogP contribution in [0.4, 0.5) is 0 Å². The Morgan fingerprint density at radius 2 is 1.07 bits per heavy atom. The molecule has 5 heteroatoms. The number of unbranched alkanes of at least 4 members (excludes halogenated alkanes) is 16. The molecule has 0 heterocycles. The standard InChI is InChI=1S/C24H44I2O2Si/c1-22(2)23(27)28-20-18-16-14-12-10-8-6-4-3-5-7-9-11-13-15-17-19-21-29-24(25)26/h24H,1,3-21H2,2H3. The Bertz CT molecular complexity index is 389. The first-order valence-electron chi connectivity index (χ1n) is 11.9. The Kier molecular flexibility index (Phi) is 24.3. The molecule has 0 atom stereocenters. The van der Waals surface area contributed by atoms with Crippen molar-refractivity contribution >= 4 is 60.7 Å². The molecular formula is C24H44I2O2Si. The monoisotopic (exact) mass is 646 g/mol. The van der Waals surface area contributed by atoms with Gasteiger partial charge in [0.15, 0.2) is 0 Å². The lowest BCUT2D eigenvalue weighted by Crippen LogP contribution is -2.05. The number of carbonyl (C=O) groups is 1. The van der Waals surface area contributed by atoms with Crippen LogP contribution in [-0.4, -0.2) is 23.7 Å². The summed E-state index contributed by atoms with van der Waals surface area (Å²) in [4.78, 5) is 11.2. The highest BCUT2D eigenvalue weighted by Crippen LogP contribution is 2.15. The molecule has 0 saturated heterocycles. The molecule has 2 nitrogen and oxygen atoms in total. The fraction of sp³-hybridized carbons (Fsp3) is 0.875. The van der Waals surface area contributed by atoms with Crippen molar-refractivity contribution < 1.29 is 9.53 Å². The van der Waals surface area contributed by atoms with Gasteiger partial charge in [-0.25, -0.2) is 4.79 Å². The highest BCUT2D eigenvalue weighted by atomic mass is 127. The van der Waals surface area contributed by atoms with Crippen molar-refractivity contribution in [3.8, 4) is 0 Å². The minimum Gasteiger partial charge on any atom is -0.462 e. The Morgan fingerprint density at radius 1 is 0.724 bits per heavy atom.